The second-order valence-corrected chi connectivity index (χ2v) is 9.22. The molecule has 0 saturated carbocycles. The molecule has 0 bridgehead atoms. The van der Waals surface area contributed by atoms with Gasteiger partial charge in [0.15, 0.2) is 5.82 Å². The van der Waals surface area contributed by atoms with E-state index >= 15 is 0 Å². The SMILES string of the molecule is CCOC.Cc1ccc(NC(=O)c2ccc(N3COCCS3)cc2)cc1-c1ncc2ccccc2n1. The molecule has 186 valence electrons. The van der Waals surface area contributed by atoms with Crippen molar-refractivity contribution in [2.75, 3.05) is 42.4 Å². The van der Waals surface area contributed by atoms with Crippen molar-refractivity contribution in [2.45, 2.75) is 13.8 Å². The Balaban J connectivity index is 0.000000709. The van der Waals surface area contributed by atoms with Crippen molar-refractivity contribution in [3.63, 3.8) is 0 Å². The highest BCUT2D eigenvalue weighted by molar-refractivity contribution is 8.00. The summed E-state index contributed by atoms with van der Waals surface area (Å²) in [5.74, 6) is 1.41. The van der Waals surface area contributed by atoms with E-state index in [1.165, 1.54) is 0 Å². The Hall–Kier alpha value is -3.46. The molecule has 36 heavy (non-hydrogen) atoms. The molecule has 0 unspecified atom stereocenters. The first-order chi connectivity index (χ1) is 17.6. The van der Waals surface area contributed by atoms with Gasteiger partial charge in [-0.05, 0) is 73.8 Å². The zero-order valence-corrected chi connectivity index (χ0v) is 21.5. The van der Waals surface area contributed by atoms with Gasteiger partial charge in [0.05, 0.1) is 12.1 Å². The number of carbonyl (C=O) groups is 1. The molecule has 2 heterocycles. The standard InChI is InChI=1S/C25H22N4O2S.C3H8O/c1-17-6-9-20(14-22(17)24-26-15-19-4-2-3-5-23(19)28-24)27-25(30)18-7-10-21(11-8-18)29-16-31-12-13-32-29;1-3-4-2/h2-11,14-15H,12-13,16H2,1H3,(H,27,30);3H2,1-2H3. The first-order valence-electron chi connectivity index (χ1n) is 11.8. The summed E-state index contributed by atoms with van der Waals surface area (Å²) < 4.78 is 12.1. The number of nitrogens with one attached hydrogen (secondary N) is 1. The molecule has 1 amide bonds. The Morgan fingerprint density at radius 3 is 2.64 bits per heavy atom. The lowest BCUT2D eigenvalue weighted by atomic mass is 10.1. The fraction of sp³-hybridized carbons (Fsp3) is 0.250. The van der Waals surface area contributed by atoms with Crippen LogP contribution >= 0.6 is 11.9 Å². The van der Waals surface area contributed by atoms with Crippen LogP contribution in [-0.4, -0.2) is 48.7 Å². The third kappa shape index (κ3) is 6.40. The minimum Gasteiger partial charge on any atom is -0.385 e. The van der Waals surface area contributed by atoms with Crippen LogP contribution < -0.4 is 9.62 Å². The molecule has 7 nitrogen and oxygen atoms in total. The second kappa shape index (κ2) is 12.5. The highest BCUT2D eigenvalue weighted by atomic mass is 32.2. The first kappa shape index (κ1) is 25.6. The monoisotopic (exact) mass is 502 g/mol. The number of nitrogens with zero attached hydrogens (tertiary/aromatic N) is 3. The van der Waals surface area contributed by atoms with E-state index in [2.05, 4.69) is 19.3 Å². The van der Waals surface area contributed by atoms with Gasteiger partial charge in [0.1, 0.15) is 6.73 Å². The zero-order valence-electron chi connectivity index (χ0n) is 20.7. The van der Waals surface area contributed by atoms with Gasteiger partial charge in [0.25, 0.3) is 5.91 Å². The number of amides is 1. The van der Waals surface area contributed by atoms with Gasteiger partial charge >= 0.3 is 0 Å². The first-order valence-corrected chi connectivity index (χ1v) is 12.7. The predicted octanol–water partition coefficient (Wildman–Crippen LogP) is 5.95. The number of fused-ring (bicyclic) bond motifs is 1. The number of hydrogen-bond acceptors (Lipinski definition) is 7. The van der Waals surface area contributed by atoms with Crippen LogP contribution in [0.2, 0.25) is 0 Å². The van der Waals surface area contributed by atoms with Gasteiger partial charge in [-0.25, -0.2) is 9.97 Å². The number of methoxy groups -OCH3 is 1. The van der Waals surface area contributed by atoms with Crippen molar-refractivity contribution in [1.29, 1.82) is 0 Å². The molecule has 8 heteroatoms. The maximum Gasteiger partial charge on any atom is 0.255 e. The van der Waals surface area contributed by atoms with Crippen LogP contribution in [0.25, 0.3) is 22.3 Å². The Morgan fingerprint density at radius 1 is 1.14 bits per heavy atom. The lowest BCUT2D eigenvalue weighted by molar-refractivity contribution is 0.102. The van der Waals surface area contributed by atoms with E-state index in [1.807, 2.05) is 86.8 Å². The number of aromatic nitrogens is 2. The average molecular weight is 503 g/mol. The lowest BCUT2D eigenvalue weighted by Crippen LogP contribution is -2.25. The highest BCUT2D eigenvalue weighted by Crippen LogP contribution is 2.27. The Morgan fingerprint density at radius 2 is 1.92 bits per heavy atom. The van der Waals surface area contributed by atoms with Crippen molar-refractivity contribution >= 4 is 40.1 Å². The molecule has 3 aromatic carbocycles. The van der Waals surface area contributed by atoms with E-state index in [9.17, 15) is 4.79 Å². The Kier molecular flexibility index (Phi) is 8.89. The molecule has 1 saturated heterocycles. The van der Waals surface area contributed by atoms with Gasteiger partial charge in [-0.2, -0.15) is 0 Å². The summed E-state index contributed by atoms with van der Waals surface area (Å²) in [6.07, 6.45) is 1.83. The summed E-state index contributed by atoms with van der Waals surface area (Å²) in [5, 5.41) is 3.99. The van der Waals surface area contributed by atoms with Gasteiger partial charge < -0.3 is 14.8 Å². The van der Waals surface area contributed by atoms with E-state index in [0.29, 0.717) is 23.8 Å². The maximum atomic E-state index is 12.8. The smallest absolute Gasteiger partial charge is 0.255 e. The lowest BCUT2D eigenvalue weighted by Gasteiger charge is -2.27. The topological polar surface area (TPSA) is 76.6 Å². The molecule has 5 rings (SSSR count). The molecule has 1 aromatic heterocycles. The van der Waals surface area contributed by atoms with E-state index in [4.69, 9.17) is 9.72 Å². The van der Waals surface area contributed by atoms with Gasteiger partial charge in [0.2, 0.25) is 0 Å². The van der Waals surface area contributed by atoms with E-state index in [-0.39, 0.29) is 5.91 Å². The summed E-state index contributed by atoms with van der Waals surface area (Å²) >= 11 is 1.73. The molecule has 1 N–H and O–H groups in total. The third-order valence-corrected chi connectivity index (χ3v) is 6.59. The molecule has 1 aliphatic rings. The number of para-hydroxylation sites is 1. The van der Waals surface area contributed by atoms with E-state index in [0.717, 1.165) is 46.7 Å². The predicted molar refractivity (Wildman–Crippen MR) is 147 cm³/mol. The summed E-state index contributed by atoms with van der Waals surface area (Å²) in [5.41, 5.74) is 5.16. The number of benzene rings is 3. The number of hydrogen-bond donors (Lipinski definition) is 1. The molecule has 0 aliphatic carbocycles. The van der Waals surface area contributed by atoms with Crippen LogP contribution in [0.1, 0.15) is 22.8 Å². The summed E-state index contributed by atoms with van der Waals surface area (Å²) in [4.78, 5) is 22.1. The van der Waals surface area contributed by atoms with Gasteiger partial charge in [-0.1, -0.05) is 24.3 Å². The Bertz CT molecular complexity index is 1310. The number of rotatable bonds is 5. The molecule has 0 radical (unpaired) electrons. The third-order valence-electron chi connectivity index (χ3n) is 5.61. The molecular formula is C28H30N4O3S. The summed E-state index contributed by atoms with van der Waals surface area (Å²) in [6.45, 7) is 6.12. The summed E-state index contributed by atoms with van der Waals surface area (Å²) in [6, 6.07) is 21.2. The van der Waals surface area contributed by atoms with Gasteiger partial charge in [-0.15, -0.1) is 0 Å². The fourth-order valence-electron chi connectivity index (χ4n) is 3.57. The zero-order chi connectivity index (χ0) is 25.3. The normalized spacial score (nSPS) is 13.1. The van der Waals surface area contributed by atoms with Crippen molar-refractivity contribution in [1.82, 2.24) is 9.97 Å². The number of anilines is 2. The van der Waals surface area contributed by atoms with Crippen molar-refractivity contribution < 1.29 is 14.3 Å². The van der Waals surface area contributed by atoms with Crippen LogP contribution in [0.3, 0.4) is 0 Å². The minimum atomic E-state index is -0.159. The maximum absolute atomic E-state index is 12.8. The molecular weight excluding hydrogens is 472 g/mol. The number of carbonyl (C=O) groups excluding carboxylic acids is 1. The largest absolute Gasteiger partial charge is 0.385 e. The second-order valence-electron chi connectivity index (χ2n) is 8.11. The van der Waals surface area contributed by atoms with Crippen LogP contribution in [0.4, 0.5) is 11.4 Å². The van der Waals surface area contributed by atoms with Crippen LogP contribution in [0, 0.1) is 6.92 Å². The quantitative estimate of drug-likeness (QED) is 0.338. The highest BCUT2D eigenvalue weighted by Gasteiger charge is 2.14. The Labute approximate surface area is 216 Å². The molecule has 1 aliphatic heterocycles. The molecule has 1 fully saturated rings. The minimum absolute atomic E-state index is 0.159. The van der Waals surface area contributed by atoms with Crippen LogP contribution in [0.15, 0.2) is 72.9 Å². The van der Waals surface area contributed by atoms with Crippen LogP contribution in [-0.2, 0) is 9.47 Å². The van der Waals surface area contributed by atoms with Crippen molar-refractivity contribution in [2.24, 2.45) is 0 Å². The molecule has 4 aromatic rings. The van der Waals surface area contributed by atoms with Crippen molar-refractivity contribution in [3.8, 4) is 11.4 Å². The molecule has 0 spiro atoms. The average Bonchev–Trinajstić information content (AvgIpc) is 2.94. The van der Waals surface area contributed by atoms with Gasteiger partial charge in [-0.3, -0.25) is 9.10 Å². The molecule has 0 atom stereocenters. The van der Waals surface area contributed by atoms with E-state index in [1.54, 1.807) is 19.1 Å². The number of aryl methyl sites for hydroxylation is 1. The number of ether oxygens (including phenoxy) is 2. The summed E-state index contributed by atoms with van der Waals surface area (Å²) in [7, 11) is 1.68. The van der Waals surface area contributed by atoms with E-state index < -0.39 is 0 Å². The fourth-order valence-corrected chi connectivity index (χ4v) is 4.40. The van der Waals surface area contributed by atoms with Crippen LogP contribution in [0.5, 0.6) is 0 Å². The van der Waals surface area contributed by atoms with Crippen molar-refractivity contribution in [3.05, 3.63) is 84.1 Å². The van der Waals surface area contributed by atoms with Gasteiger partial charge in [0, 0.05) is 53.6 Å².